The topological polar surface area (TPSA) is 95.7 Å². The number of ether oxygens (including phenoxy) is 1. The molecule has 1 atom stereocenters. The van der Waals surface area contributed by atoms with Gasteiger partial charge in [0.15, 0.2) is 17.7 Å². The number of ketones is 1. The number of Topliss-reactive ketones (excluding diaryl/α,β-unsaturated/α-hetero) is 1. The molecule has 0 radical (unpaired) electrons. The number of hydrogen-bond donors (Lipinski definition) is 1. The maximum Gasteiger partial charge on any atom is 0.313 e. The van der Waals surface area contributed by atoms with Crippen LogP contribution in [0.5, 0.6) is 0 Å². The smallest absolute Gasteiger partial charge is 0.313 e. The lowest BCUT2D eigenvalue weighted by atomic mass is 10.1. The van der Waals surface area contributed by atoms with Crippen LogP contribution in [0.1, 0.15) is 18.6 Å². The van der Waals surface area contributed by atoms with Crippen molar-refractivity contribution in [1.29, 1.82) is 0 Å². The molecule has 1 aliphatic heterocycles. The van der Waals surface area contributed by atoms with E-state index in [1.165, 1.54) is 12.1 Å². The molecule has 3 rings (SSSR count). The van der Waals surface area contributed by atoms with Gasteiger partial charge in [-0.2, -0.15) is 8.42 Å². The van der Waals surface area contributed by atoms with Crippen LogP contribution in [0.15, 0.2) is 60.2 Å². The predicted molar refractivity (Wildman–Crippen MR) is 86.6 cm³/mol. The van der Waals surface area contributed by atoms with Gasteiger partial charge in [-0.25, -0.2) is 8.78 Å². The number of hydrogen-bond acceptors (Lipinski definition) is 6. The lowest BCUT2D eigenvalue weighted by molar-refractivity contribution is -0.123. The fraction of sp³-hybridized carbons (Fsp3) is 0.118. The van der Waals surface area contributed by atoms with Crippen LogP contribution in [-0.4, -0.2) is 14.2 Å². The molecule has 2 N–H and O–H groups in total. The normalized spacial score (nSPS) is 20.7. The zero-order valence-electron chi connectivity index (χ0n) is 14.1. The van der Waals surface area contributed by atoms with Gasteiger partial charge in [-0.05, 0) is 11.6 Å². The van der Waals surface area contributed by atoms with Crippen LogP contribution < -0.4 is 5.73 Å². The molecule has 0 bridgehead atoms. The Kier molecular flexibility index (Phi) is 4.29. The first-order chi connectivity index (χ1) is 12.6. The lowest BCUT2D eigenvalue weighted by Crippen LogP contribution is -2.17. The monoisotopic (exact) mass is 382 g/mol. The molecule has 1 heterocycles. The Morgan fingerprint density at radius 1 is 1.15 bits per heavy atom. The van der Waals surface area contributed by atoms with Crippen molar-refractivity contribution >= 4 is 15.9 Å². The minimum absolute atomic E-state index is 0.386. The van der Waals surface area contributed by atoms with E-state index in [9.17, 15) is 22.0 Å². The molecule has 0 saturated heterocycles. The van der Waals surface area contributed by atoms with Gasteiger partial charge in [-0.1, -0.05) is 42.5 Å². The summed E-state index contributed by atoms with van der Waals surface area (Å²) in [7, 11) is -4.32. The van der Waals surface area contributed by atoms with E-state index in [4.69, 9.17) is 16.0 Å². The van der Waals surface area contributed by atoms with Crippen molar-refractivity contribution in [1.82, 2.24) is 0 Å². The summed E-state index contributed by atoms with van der Waals surface area (Å²) in [6.45, 7) is 0. The van der Waals surface area contributed by atoms with Gasteiger partial charge in [0.2, 0.25) is 17.4 Å². The third-order valence-electron chi connectivity index (χ3n) is 3.44. The fourth-order valence-corrected chi connectivity index (χ4v) is 3.36. The number of rotatable bonds is 5. The van der Waals surface area contributed by atoms with E-state index in [-0.39, 0.29) is 0 Å². The molecule has 9 heteroatoms. The van der Waals surface area contributed by atoms with E-state index in [1.807, 2.05) is 0 Å². The van der Waals surface area contributed by atoms with E-state index in [0.717, 1.165) is 18.2 Å². The minimum atomic E-state index is -4.32. The van der Waals surface area contributed by atoms with Gasteiger partial charge < -0.3 is 14.7 Å². The molecule has 0 aliphatic carbocycles. The molecule has 26 heavy (non-hydrogen) atoms. The minimum Gasteiger partial charge on any atom is -0.460 e. The summed E-state index contributed by atoms with van der Waals surface area (Å²) in [5.41, 5.74) is 5.11. The summed E-state index contributed by atoms with van der Waals surface area (Å²) >= 11 is 0. The molecule has 0 aromatic heterocycles. The van der Waals surface area contributed by atoms with Crippen LogP contribution in [-0.2, 0) is 29.6 Å². The molecular weight excluding hydrogens is 368 g/mol. The molecule has 136 valence electrons. The average molecular weight is 382 g/mol. The maximum absolute atomic E-state index is 14.0. The third-order valence-corrected chi connectivity index (χ3v) is 4.55. The van der Waals surface area contributed by atoms with Crippen molar-refractivity contribution in [2.45, 2.75) is 11.8 Å². The Morgan fingerprint density at radius 3 is 2.54 bits per heavy atom. The quantitative estimate of drug-likeness (QED) is 0.797. The number of benzene rings is 2. The fourth-order valence-electron chi connectivity index (χ4n) is 2.29. The summed E-state index contributed by atoms with van der Waals surface area (Å²) in [6, 6.07) is 10.8. The van der Waals surface area contributed by atoms with Gasteiger partial charge in [-0.3, -0.25) is 4.79 Å². The molecule has 0 saturated carbocycles. The van der Waals surface area contributed by atoms with Gasteiger partial charge in [0.1, 0.15) is 5.75 Å². The van der Waals surface area contributed by atoms with Crippen molar-refractivity contribution in [3.63, 3.8) is 0 Å². The Balaban J connectivity index is 1.88. The summed E-state index contributed by atoms with van der Waals surface area (Å²) in [4.78, 5) is 12.5. The second-order valence-electron chi connectivity index (χ2n) is 5.33. The molecule has 0 amide bonds. The van der Waals surface area contributed by atoms with E-state index in [2.05, 4.69) is 0 Å². The van der Waals surface area contributed by atoms with Gasteiger partial charge in [0.05, 0.1) is 1.37 Å². The number of carbonyl (C=O) groups excluding carboxylic acids is 1. The van der Waals surface area contributed by atoms with Crippen molar-refractivity contribution in [3.8, 4) is 0 Å². The molecule has 2 aromatic rings. The number of halogens is 2. The van der Waals surface area contributed by atoms with Gasteiger partial charge in [0.25, 0.3) is 0 Å². The second-order valence-corrected chi connectivity index (χ2v) is 6.90. The SMILES string of the molecule is [2H][C@]1(c2cccc(F)c2F)OC(N)=C(OS(=O)(=O)Cc2ccccc2)C1=O. The molecule has 6 nitrogen and oxygen atoms in total. The highest BCUT2D eigenvalue weighted by Gasteiger charge is 2.41. The van der Waals surface area contributed by atoms with E-state index in [0.29, 0.717) is 5.56 Å². The Bertz CT molecular complexity index is 1040. The number of carbonyl (C=O) groups is 1. The van der Waals surface area contributed by atoms with E-state index < -0.39 is 56.6 Å². The molecule has 1 aliphatic rings. The standard InChI is InChI=1S/C17H13F2NO5S/c18-12-8-4-7-11(13(12)19)15-14(21)16(17(20)24-15)25-26(22,23)9-10-5-2-1-3-6-10/h1-8,15H,9,20H2/t15-/m1/s1/i15D. The Hall–Kier alpha value is -2.94. The summed E-state index contributed by atoms with van der Waals surface area (Å²) in [5.74, 6) is -6.49. The molecule has 0 spiro atoms. The second kappa shape index (κ2) is 6.75. The Labute approximate surface area is 149 Å². The highest BCUT2D eigenvalue weighted by Crippen LogP contribution is 2.34. The molecule has 0 fully saturated rings. The van der Waals surface area contributed by atoms with Crippen molar-refractivity contribution in [2.75, 3.05) is 0 Å². The first kappa shape index (κ1) is 16.5. The zero-order chi connectivity index (χ0) is 19.8. The highest BCUT2D eigenvalue weighted by molar-refractivity contribution is 7.86. The summed E-state index contributed by atoms with van der Waals surface area (Å²) in [5, 5.41) is 0. The number of nitrogens with two attached hydrogens (primary N) is 1. The van der Waals surface area contributed by atoms with E-state index >= 15 is 0 Å². The van der Waals surface area contributed by atoms with Crippen molar-refractivity contribution in [3.05, 3.63) is 82.9 Å². The highest BCUT2D eigenvalue weighted by atomic mass is 32.2. The van der Waals surface area contributed by atoms with E-state index in [1.54, 1.807) is 18.2 Å². The zero-order valence-corrected chi connectivity index (χ0v) is 13.9. The lowest BCUT2D eigenvalue weighted by Gasteiger charge is -2.11. The third kappa shape index (κ3) is 3.52. The molecule has 2 aromatic carbocycles. The first-order valence-electron chi connectivity index (χ1n) is 7.78. The molecular formula is C17H13F2NO5S. The Morgan fingerprint density at radius 2 is 1.85 bits per heavy atom. The largest absolute Gasteiger partial charge is 0.460 e. The van der Waals surface area contributed by atoms with Crippen LogP contribution in [0, 0.1) is 11.6 Å². The maximum atomic E-state index is 14.0. The van der Waals surface area contributed by atoms with Crippen LogP contribution in [0.4, 0.5) is 8.78 Å². The predicted octanol–water partition coefficient (Wildman–Crippen LogP) is 2.28. The summed E-state index contributed by atoms with van der Waals surface area (Å²) < 4.78 is 69.5. The van der Waals surface area contributed by atoms with Crippen LogP contribution in [0.25, 0.3) is 0 Å². The van der Waals surface area contributed by atoms with Gasteiger partial charge in [0, 0.05) is 5.56 Å². The average Bonchev–Trinajstić information content (AvgIpc) is 2.81. The van der Waals surface area contributed by atoms with Crippen LogP contribution >= 0.6 is 0 Å². The van der Waals surface area contributed by atoms with Crippen molar-refractivity contribution in [2.24, 2.45) is 5.73 Å². The van der Waals surface area contributed by atoms with Crippen molar-refractivity contribution < 1.29 is 32.3 Å². The van der Waals surface area contributed by atoms with Crippen LogP contribution in [0.2, 0.25) is 0 Å². The van der Waals surface area contributed by atoms with Gasteiger partial charge in [-0.15, -0.1) is 0 Å². The first-order valence-corrected chi connectivity index (χ1v) is 8.86. The van der Waals surface area contributed by atoms with Crippen LogP contribution in [0.3, 0.4) is 0 Å². The molecule has 0 unspecified atom stereocenters. The summed E-state index contributed by atoms with van der Waals surface area (Å²) in [6.07, 6.45) is -2.80. The van der Waals surface area contributed by atoms with Gasteiger partial charge >= 0.3 is 10.1 Å².